The van der Waals surface area contributed by atoms with Crippen LogP contribution in [0.4, 0.5) is 0 Å². The van der Waals surface area contributed by atoms with Gasteiger partial charge in [0.2, 0.25) is 0 Å². The van der Waals surface area contributed by atoms with E-state index in [1.54, 1.807) is 7.11 Å². The number of ether oxygens (including phenoxy) is 1. The molecule has 4 rings (SSSR count). The van der Waals surface area contributed by atoms with Gasteiger partial charge in [-0.2, -0.15) is 0 Å². The highest BCUT2D eigenvalue weighted by atomic mass is 79.9. The summed E-state index contributed by atoms with van der Waals surface area (Å²) in [5.41, 5.74) is 2.85. The number of halogens is 1. The summed E-state index contributed by atoms with van der Waals surface area (Å²) < 4.78 is 6.44. The van der Waals surface area contributed by atoms with Gasteiger partial charge >= 0.3 is 0 Å². The Morgan fingerprint density at radius 1 is 1.10 bits per heavy atom. The lowest BCUT2D eigenvalue weighted by Crippen LogP contribution is -1.84. The highest BCUT2D eigenvalue weighted by Crippen LogP contribution is 2.35. The molecule has 0 amide bonds. The van der Waals surface area contributed by atoms with E-state index in [9.17, 15) is 0 Å². The van der Waals surface area contributed by atoms with E-state index in [2.05, 4.69) is 39.1 Å². The van der Waals surface area contributed by atoms with Crippen molar-refractivity contribution in [2.45, 2.75) is 0 Å². The summed E-state index contributed by atoms with van der Waals surface area (Å²) in [6, 6.07) is 14.3. The first-order valence-corrected chi connectivity index (χ1v) is 7.10. The number of nitrogens with zero attached hydrogens (tertiary/aromatic N) is 1. The largest absolute Gasteiger partial charge is 0.495 e. The number of para-hydroxylation sites is 1. The topological polar surface area (TPSA) is 37.9 Å². The van der Waals surface area contributed by atoms with Crippen LogP contribution in [0, 0.1) is 0 Å². The molecule has 0 fully saturated rings. The normalized spacial score (nSPS) is 11.5. The molecule has 0 aliphatic heterocycles. The number of aromatic amines is 1. The molecule has 20 heavy (non-hydrogen) atoms. The summed E-state index contributed by atoms with van der Waals surface area (Å²) in [4.78, 5) is 8.05. The van der Waals surface area contributed by atoms with Crippen LogP contribution in [0.1, 0.15) is 0 Å². The van der Waals surface area contributed by atoms with E-state index in [0.717, 1.165) is 43.1 Å². The Balaban J connectivity index is 2.22. The minimum atomic E-state index is 0.816. The quantitative estimate of drug-likeness (QED) is 0.553. The van der Waals surface area contributed by atoms with Gasteiger partial charge in [-0.1, -0.05) is 34.1 Å². The van der Waals surface area contributed by atoms with Crippen LogP contribution in [-0.2, 0) is 0 Å². The zero-order chi connectivity index (χ0) is 13.7. The Kier molecular flexibility index (Phi) is 2.47. The lowest BCUT2D eigenvalue weighted by atomic mass is 10.1. The van der Waals surface area contributed by atoms with Crippen molar-refractivity contribution >= 4 is 48.8 Å². The highest BCUT2D eigenvalue weighted by Gasteiger charge is 2.11. The molecule has 4 aromatic rings. The molecule has 4 heteroatoms. The summed E-state index contributed by atoms with van der Waals surface area (Å²) in [6.07, 6.45) is 0. The summed E-state index contributed by atoms with van der Waals surface area (Å²) in [7, 11) is 1.68. The molecule has 0 saturated heterocycles. The highest BCUT2D eigenvalue weighted by molar-refractivity contribution is 9.10. The first-order chi connectivity index (χ1) is 9.76. The number of rotatable bonds is 1. The van der Waals surface area contributed by atoms with Crippen LogP contribution < -0.4 is 4.74 Å². The Bertz CT molecular complexity index is 959. The van der Waals surface area contributed by atoms with Crippen molar-refractivity contribution in [2.75, 3.05) is 7.11 Å². The molecule has 0 bridgehead atoms. The maximum Gasteiger partial charge on any atom is 0.144 e. The molecule has 2 aromatic carbocycles. The fourth-order valence-corrected chi connectivity index (χ4v) is 3.06. The van der Waals surface area contributed by atoms with Gasteiger partial charge in [0.25, 0.3) is 0 Å². The second-order valence-corrected chi connectivity index (χ2v) is 5.65. The fraction of sp³-hybridized carbons (Fsp3) is 0.0625. The van der Waals surface area contributed by atoms with Crippen molar-refractivity contribution in [3.63, 3.8) is 0 Å². The molecular formula is C16H11BrN2O. The molecular weight excluding hydrogens is 316 g/mol. The zero-order valence-corrected chi connectivity index (χ0v) is 12.4. The van der Waals surface area contributed by atoms with Gasteiger partial charge < -0.3 is 9.72 Å². The van der Waals surface area contributed by atoms with Gasteiger partial charge in [-0.25, -0.2) is 4.98 Å². The van der Waals surface area contributed by atoms with E-state index in [-0.39, 0.29) is 0 Å². The van der Waals surface area contributed by atoms with Gasteiger partial charge in [-0.15, -0.1) is 0 Å². The zero-order valence-electron chi connectivity index (χ0n) is 10.8. The van der Waals surface area contributed by atoms with Crippen LogP contribution in [-0.4, -0.2) is 17.1 Å². The third-order valence-corrected chi connectivity index (χ3v) is 4.00. The van der Waals surface area contributed by atoms with Crippen LogP contribution in [0.15, 0.2) is 46.9 Å². The van der Waals surface area contributed by atoms with E-state index >= 15 is 0 Å². The maximum atomic E-state index is 5.45. The predicted octanol–water partition coefficient (Wildman–Crippen LogP) is 4.64. The SMILES string of the molecule is COc1cc(Br)cc2c1[nH]c1nc3ccccc3cc12. The number of fused-ring (bicyclic) bond motifs is 4. The molecule has 0 saturated carbocycles. The Labute approximate surface area is 123 Å². The van der Waals surface area contributed by atoms with Gasteiger partial charge in [-0.3, -0.25) is 0 Å². The van der Waals surface area contributed by atoms with Gasteiger partial charge in [0, 0.05) is 20.6 Å². The first-order valence-electron chi connectivity index (χ1n) is 6.31. The average Bonchev–Trinajstić information content (AvgIpc) is 2.81. The van der Waals surface area contributed by atoms with Crippen LogP contribution in [0.25, 0.3) is 32.8 Å². The van der Waals surface area contributed by atoms with Gasteiger partial charge in [0.05, 0.1) is 18.1 Å². The molecule has 0 spiro atoms. The summed E-state index contributed by atoms with van der Waals surface area (Å²) in [6.45, 7) is 0. The van der Waals surface area contributed by atoms with Crippen LogP contribution in [0.5, 0.6) is 5.75 Å². The molecule has 2 aromatic heterocycles. The Morgan fingerprint density at radius 2 is 1.95 bits per heavy atom. The number of benzene rings is 2. The molecule has 3 nitrogen and oxygen atoms in total. The van der Waals surface area contributed by atoms with E-state index in [0.29, 0.717) is 0 Å². The Morgan fingerprint density at radius 3 is 2.80 bits per heavy atom. The number of methoxy groups -OCH3 is 1. The second kappa shape index (κ2) is 4.21. The lowest BCUT2D eigenvalue weighted by molar-refractivity contribution is 0.419. The molecule has 98 valence electrons. The minimum absolute atomic E-state index is 0.816. The number of hydrogen-bond acceptors (Lipinski definition) is 2. The smallest absolute Gasteiger partial charge is 0.144 e. The average molecular weight is 327 g/mol. The molecule has 0 aliphatic rings. The number of pyridine rings is 1. The van der Waals surface area contributed by atoms with Gasteiger partial charge in [0.1, 0.15) is 11.4 Å². The van der Waals surface area contributed by atoms with Crippen molar-refractivity contribution in [2.24, 2.45) is 0 Å². The molecule has 0 radical (unpaired) electrons. The number of hydrogen-bond donors (Lipinski definition) is 1. The predicted molar refractivity (Wildman–Crippen MR) is 85.4 cm³/mol. The van der Waals surface area contributed by atoms with E-state index in [1.165, 1.54) is 0 Å². The summed E-state index contributed by atoms with van der Waals surface area (Å²) >= 11 is 3.53. The first kappa shape index (κ1) is 11.7. The third-order valence-electron chi connectivity index (χ3n) is 3.54. The fourth-order valence-electron chi connectivity index (χ4n) is 2.62. The molecule has 2 heterocycles. The van der Waals surface area contributed by atoms with Crippen LogP contribution in [0.3, 0.4) is 0 Å². The van der Waals surface area contributed by atoms with Crippen molar-refractivity contribution in [3.05, 3.63) is 46.9 Å². The van der Waals surface area contributed by atoms with E-state index < -0.39 is 0 Å². The van der Waals surface area contributed by atoms with E-state index in [1.807, 2.05) is 24.3 Å². The minimum Gasteiger partial charge on any atom is -0.495 e. The number of nitrogens with one attached hydrogen (secondary N) is 1. The summed E-state index contributed by atoms with van der Waals surface area (Å²) in [5.74, 6) is 0.816. The maximum absolute atomic E-state index is 5.45. The Hall–Kier alpha value is -2.07. The second-order valence-electron chi connectivity index (χ2n) is 4.73. The third kappa shape index (κ3) is 1.61. The van der Waals surface area contributed by atoms with Gasteiger partial charge in [-0.05, 0) is 24.3 Å². The van der Waals surface area contributed by atoms with Crippen LogP contribution in [0.2, 0.25) is 0 Å². The van der Waals surface area contributed by atoms with Crippen molar-refractivity contribution < 1.29 is 4.74 Å². The van der Waals surface area contributed by atoms with E-state index in [4.69, 9.17) is 9.72 Å². The molecule has 0 atom stereocenters. The molecule has 0 unspecified atom stereocenters. The van der Waals surface area contributed by atoms with Crippen LogP contribution >= 0.6 is 15.9 Å². The lowest BCUT2D eigenvalue weighted by Gasteiger charge is -2.02. The summed E-state index contributed by atoms with van der Waals surface area (Å²) in [5, 5.41) is 3.36. The number of aromatic nitrogens is 2. The molecule has 1 N–H and O–H groups in total. The van der Waals surface area contributed by atoms with Crippen molar-refractivity contribution in [3.8, 4) is 5.75 Å². The number of H-pyrrole nitrogens is 1. The van der Waals surface area contributed by atoms with Crippen molar-refractivity contribution in [1.29, 1.82) is 0 Å². The standard InChI is InChI=1S/C16H11BrN2O/c1-20-14-8-10(17)7-11-12-6-9-4-2-3-5-13(9)18-16(12)19-15(11)14/h2-8H,1H3,(H,18,19). The van der Waals surface area contributed by atoms with Crippen molar-refractivity contribution in [1.82, 2.24) is 9.97 Å². The molecule has 0 aliphatic carbocycles. The monoisotopic (exact) mass is 326 g/mol. The van der Waals surface area contributed by atoms with Gasteiger partial charge in [0.15, 0.2) is 0 Å².